The molecule has 1 heterocycles. The Morgan fingerprint density at radius 1 is 1.11 bits per heavy atom. The molecule has 0 fully saturated rings. The van der Waals surface area contributed by atoms with Crippen LogP contribution in [0.5, 0.6) is 0 Å². The molecule has 2 rings (SSSR count). The Hall–Kier alpha value is -2.40. The first kappa shape index (κ1) is 21.9. The minimum Gasteiger partial charge on any atom is -0.465 e. The van der Waals surface area contributed by atoms with E-state index in [-0.39, 0.29) is 39.4 Å². The van der Waals surface area contributed by atoms with Crippen LogP contribution in [0.1, 0.15) is 36.8 Å². The molecule has 0 saturated carbocycles. The summed E-state index contributed by atoms with van der Waals surface area (Å²) in [6.45, 7) is 5.44. The lowest BCUT2D eigenvalue weighted by atomic mass is 10.1. The highest BCUT2D eigenvalue weighted by molar-refractivity contribution is 7.93. The van der Waals surface area contributed by atoms with Gasteiger partial charge in [-0.2, -0.15) is 0 Å². The van der Waals surface area contributed by atoms with E-state index in [0.29, 0.717) is 4.31 Å². The summed E-state index contributed by atoms with van der Waals surface area (Å²) >= 11 is 0. The third kappa shape index (κ3) is 3.51. The van der Waals surface area contributed by atoms with E-state index in [1.165, 1.54) is 39.0 Å². The van der Waals surface area contributed by atoms with Crippen molar-refractivity contribution in [1.29, 1.82) is 0 Å². The molecule has 0 spiro atoms. The number of ether oxygens (including phenoxy) is 1. The van der Waals surface area contributed by atoms with Crippen molar-refractivity contribution < 1.29 is 31.2 Å². The Balaban J connectivity index is 2.96. The summed E-state index contributed by atoms with van der Waals surface area (Å²) in [5.74, 6) is -2.00. The monoisotopic (exact) mass is 430 g/mol. The summed E-state index contributed by atoms with van der Waals surface area (Å²) < 4.78 is 56.2. The zero-order valence-electron chi connectivity index (χ0n) is 16.2. The first-order chi connectivity index (χ1) is 12.9. The number of hydrogen-bond acceptors (Lipinski definition) is 7. The number of hydrogen-bond donors (Lipinski definition) is 0. The van der Waals surface area contributed by atoms with Crippen LogP contribution >= 0.6 is 0 Å². The molecule has 0 saturated heterocycles. The minimum atomic E-state index is -3.91. The van der Waals surface area contributed by atoms with Crippen molar-refractivity contribution in [3.8, 4) is 0 Å². The van der Waals surface area contributed by atoms with Gasteiger partial charge in [0.05, 0.1) is 35.4 Å². The Morgan fingerprint density at radius 2 is 1.71 bits per heavy atom. The van der Waals surface area contributed by atoms with Crippen LogP contribution in [0.25, 0.3) is 10.9 Å². The third-order valence-corrected chi connectivity index (χ3v) is 7.84. The third-order valence-electron chi connectivity index (χ3n) is 4.33. The molecular weight excluding hydrogens is 408 g/mol. The number of esters is 1. The fourth-order valence-electron chi connectivity index (χ4n) is 3.02. The van der Waals surface area contributed by atoms with Crippen LogP contribution in [-0.2, 0) is 29.6 Å². The molecule has 0 radical (unpaired) electrons. The smallest absolute Gasteiger partial charge is 0.340 e. The molecule has 154 valence electrons. The fraction of sp³-hybridized carbons (Fsp3) is 0.412. The molecule has 0 aliphatic carbocycles. The largest absolute Gasteiger partial charge is 0.465 e. The number of methoxy groups -OCH3 is 1. The quantitative estimate of drug-likeness (QED) is 0.639. The maximum Gasteiger partial charge on any atom is 0.340 e. The van der Waals surface area contributed by atoms with E-state index in [1.54, 1.807) is 0 Å². The second kappa shape index (κ2) is 7.55. The van der Waals surface area contributed by atoms with Gasteiger partial charge in [-0.1, -0.05) is 0 Å². The normalized spacial score (nSPS) is 12.2. The number of aromatic nitrogens is 1. The second-order valence-electron chi connectivity index (χ2n) is 6.00. The first-order valence-electron chi connectivity index (χ1n) is 8.43. The van der Waals surface area contributed by atoms with E-state index >= 15 is 0 Å². The predicted molar refractivity (Wildman–Crippen MR) is 105 cm³/mol. The standard InChI is InChI=1S/C17H22N2O7S2/c1-6-27(22,23)18-11(3)16(17(21)26-5)14-10-13(8-9-15(14)18)19(12(4)20)28(24,25)7-2/h8-10H,6-7H2,1-5H3. The summed E-state index contributed by atoms with van der Waals surface area (Å²) in [6, 6.07) is 4.02. The zero-order chi connectivity index (χ0) is 21.4. The van der Waals surface area contributed by atoms with Crippen LogP contribution in [0.2, 0.25) is 0 Å². The molecule has 0 unspecified atom stereocenters. The summed E-state index contributed by atoms with van der Waals surface area (Å²) in [6.07, 6.45) is 0. The number of anilines is 1. The van der Waals surface area contributed by atoms with E-state index in [4.69, 9.17) is 4.74 Å². The molecule has 9 nitrogen and oxygen atoms in total. The van der Waals surface area contributed by atoms with Gasteiger partial charge in [0.2, 0.25) is 26.0 Å². The maximum absolute atomic E-state index is 12.5. The lowest BCUT2D eigenvalue weighted by Gasteiger charge is -2.20. The second-order valence-corrected chi connectivity index (χ2v) is 10.2. The predicted octanol–water partition coefficient (Wildman–Crippen LogP) is 1.64. The lowest BCUT2D eigenvalue weighted by molar-refractivity contribution is -0.115. The maximum atomic E-state index is 12.5. The van der Waals surface area contributed by atoms with Gasteiger partial charge < -0.3 is 4.74 Å². The number of nitrogens with zero attached hydrogens (tertiary/aromatic N) is 2. The number of amides is 1. The van der Waals surface area contributed by atoms with Crippen molar-refractivity contribution in [3.05, 3.63) is 29.5 Å². The van der Waals surface area contributed by atoms with Gasteiger partial charge in [0.15, 0.2) is 0 Å². The van der Waals surface area contributed by atoms with Crippen LogP contribution in [0.15, 0.2) is 18.2 Å². The van der Waals surface area contributed by atoms with Gasteiger partial charge in [0.1, 0.15) is 0 Å². The molecule has 11 heteroatoms. The van der Waals surface area contributed by atoms with Gasteiger partial charge in [-0.25, -0.2) is 29.9 Å². The SMILES string of the molecule is CCS(=O)(=O)N(C(C)=O)c1ccc2c(c1)c(C(=O)OC)c(C)n2S(=O)(=O)CC. The number of benzene rings is 1. The lowest BCUT2D eigenvalue weighted by Crippen LogP contribution is -2.36. The van der Waals surface area contributed by atoms with Gasteiger partial charge in [-0.05, 0) is 39.0 Å². The topological polar surface area (TPSA) is 120 Å². The Morgan fingerprint density at radius 3 is 2.18 bits per heavy atom. The van der Waals surface area contributed by atoms with Crippen molar-refractivity contribution in [2.75, 3.05) is 22.9 Å². The van der Waals surface area contributed by atoms with Crippen LogP contribution < -0.4 is 4.31 Å². The zero-order valence-corrected chi connectivity index (χ0v) is 17.8. The van der Waals surface area contributed by atoms with Gasteiger partial charge in [-0.3, -0.25) is 4.79 Å². The van der Waals surface area contributed by atoms with Crippen LogP contribution in [-0.4, -0.2) is 51.3 Å². The molecular formula is C17H22N2O7S2. The fourth-order valence-corrected chi connectivity index (χ4v) is 5.33. The Kier molecular flexibility index (Phi) is 5.90. The highest BCUT2D eigenvalue weighted by atomic mass is 32.2. The minimum absolute atomic E-state index is 0.00577. The van der Waals surface area contributed by atoms with Gasteiger partial charge in [0.25, 0.3) is 0 Å². The van der Waals surface area contributed by atoms with Gasteiger partial charge >= 0.3 is 5.97 Å². The molecule has 0 aliphatic heterocycles. The van der Waals surface area contributed by atoms with E-state index in [2.05, 4.69) is 0 Å². The van der Waals surface area contributed by atoms with E-state index in [9.17, 15) is 26.4 Å². The average molecular weight is 431 g/mol. The average Bonchev–Trinajstić information content (AvgIpc) is 2.92. The molecule has 0 N–H and O–H groups in total. The van der Waals surface area contributed by atoms with E-state index in [1.807, 2.05) is 0 Å². The number of fused-ring (bicyclic) bond motifs is 1. The molecule has 1 aromatic carbocycles. The number of sulfonamides is 1. The first-order valence-corrected chi connectivity index (χ1v) is 11.6. The van der Waals surface area contributed by atoms with Crippen LogP contribution in [0, 0.1) is 6.92 Å². The Bertz CT molecular complexity index is 1160. The number of carbonyl (C=O) groups is 2. The molecule has 0 bridgehead atoms. The summed E-state index contributed by atoms with van der Waals surface area (Å²) in [5.41, 5.74) is 0.348. The van der Waals surface area contributed by atoms with E-state index in [0.717, 1.165) is 18.0 Å². The summed E-state index contributed by atoms with van der Waals surface area (Å²) in [7, 11) is -6.50. The highest BCUT2D eigenvalue weighted by Gasteiger charge is 2.29. The van der Waals surface area contributed by atoms with Gasteiger partial charge in [-0.15, -0.1) is 0 Å². The van der Waals surface area contributed by atoms with E-state index < -0.39 is 31.9 Å². The molecule has 1 amide bonds. The molecule has 28 heavy (non-hydrogen) atoms. The van der Waals surface area contributed by atoms with Crippen molar-refractivity contribution >= 4 is 48.5 Å². The number of rotatable bonds is 6. The molecule has 1 aromatic heterocycles. The summed E-state index contributed by atoms with van der Waals surface area (Å²) in [4.78, 5) is 24.3. The number of carbonyl (C=O) groups excluding carboxylic acids is 2. The highest BCUT2D eigenvalue weighted by Crippen LogP contribution is 2.32. The molecule has 0 atom stereocenters. The Labute approximate surface area is 164 Å². The molecule has 0 aliphatic rings. The van der Waals surface area contributed by atoms with Crippen molar-refractivity contribution in [1.82, 2.24) is 3.97 Å². The molecule has 2 aromatic rings. The van der Waals surface area contributed by atoms with Crippen LogP contribution in [0.4, 0.5) is 5.69 Å². The van der Waals surface area contributed by atoms with Crippen molar-refractivity contribution in [2.24, 2.45) is 0 Å². The van der Waals surface area contributed by atoms with Crippen LogP contribution in [0.3, 0.4) is 0 Å². The van der Waals surface area contributed by atoms with Crippen molar-refractivity contribution in [2.45, 2.75) is 27.7 Å². The van der Waals surface area contributed by atoms with Gasteiger partial charge in [0, 0.05) is 18.0 Å². The van der Waals surface area contributed by atoms with Crippen molar-refractivity contribution in [3.63, 3.8) is 0 Å². The summed E-state index contributed by atoms with van der Waals surface area (Å²) in [5, 5.41) is 0.177.